The molecule has 0 saturated heterocycles. The average molecular weight is 514 g/mol. The van der Waals surface area contributed by atoms with E-state index in [9.17, 15) is 23.9 Å². The van der Waals surface area contributed by atoms with Gasteiger partial charge < -0.3 is 34.5 Å². The second-order valence-corrected chi connectivity index (χ2v) is 5.31. The summed E-state index contributed by atoms with van der Waals surface area (Å²) < 4.78 is 24.0. The van der Waals surface area contributed by atoms with E-state index >= 15 is 0 Å². The number of phosphoric ester groups is 1. The quantitative estimate of drug-likeness (QED) is 0.122. The summed E-state index contributed by atoms with van der Waals surface area (Å²) in [5.74, 6) is 27.5. The Bertz CT molecular complexity index is 1230. The standard InChI is InChI=1S/C21H9O8P.H3N.2Na.16H2/c1-3-5-7-9-11-13-15-20(22)27-17-19(18-28-30(24,25)26)29-21(23)16-14-12-10-8-6-4-2;;;;;;;;;;;;;;;;;;;/h1-2,19H,17-18H2,(H2,24,25,26);1H3;;;16*1H/q;;2*+1;;;;;;;;;;;;;;;;/p-2/t19-;;;;;;;;;;;;;;;;;;;/m1.................../s1. The summed E-state index contributed by atoms with van der Waals surface area (Å²) in [5, 5.41) is 0. The number of terminal acetylenes is 2. The Morgan fingerprint density at radius 3 is 1.67 bits per heavy atom. The van der Waals surface area contributed by atoms with Crippen molar-refractivity contribution in [3.63, 3.8) is 0 Å². The molecule has 0 unspecified atom stereocenters. The van der Waals surface area contributed by atoms with Crippen LogP contribution in [0.2, 0.25) is 0 Å². The number of carbonyl (C=O) groups excluding carboxylic acids is 2. The third kappa shape index (κ3) is 27.5. The molecule has 33 heavy (non-hydrogen) atoms. The van der Waals surface area contributed by atoms with E-state index in [-0.39, 0.29) is 88.1 Å². The summed E-state index contributed by atoms with van der Waals surface area (Å²) in [6.45, 7) is -1.61. The molecule has 0 bridgehead atoms. The maximum absolute atomic E-state index is 11.6. The molecule has 9 nitrogen and oxygen atoms in total. The molecule has 3 N–H and O–H groups in total. The van der Waals surface area contributed by atoms with Crippen LogP contribution in [0.15, 0.2) is 0 Å². The Kier molecular flexibility index (Phi) is 27.6. The zero-order valence-electron chi connectivity index (χ0n) is 17.6. The number of phosphoric acid groups is 1. The van der Waals surface area contributed by atoms with Gasteiger partial charge in [0.25, 0.3) is 0 Å². The molecule has 0 fully saturated rings. The van der Waals surface area contributed by atoms with E-state index in [1.165, 1.54) is 0 Å². The van der Waals surface area contributed by atoms with Gasteiger partial charge in [-0.05, 0) is 71.0 Å². The predicted molar refractivity (Wildman–Crippen MR) is 138 cm³/mol. The van der Waals surface area contributed by atoms with Gasteiger partial charge in [-0.15, -0.1) is 12.8 Å². The summed E-state index contributed by atoms with van der Waals surface area (Å²) in [4.78, 5) is 44.2. The number of esters is 2. The largest absolute Gasteiger partial charge is 1.00 e. The number of rotatable bonds is 6. The Balaban J connectivity index is -0.0000000246. The number of hydrogen-bond acceptors (Lipinski definition) is 9. The molecule has 0 rings (SSSR count). The topological polar surface area (TPSA) is 160 Å². The van der Waals surface area contributed by atoms with Gasteiger partial charge in [-0.25, -0.2) is 9.59 Å². The normalized spacial score (nSPS) is 7.88. The molecule has 0 aliphatic carbocycles. The fraction of sp³-hybridized carbons (Fsp3) is 0.143. The summed E-state index contributed by atoms with van der Waals surface area (Å²) in [7, 11) is -5.37. The van der Waals surface area contributed by atoms with E-state index in [1.54, 1.807) is 0 Å². The predicted octanol–water partition coefficient (Wildman–Crippen LogP) is -4.32. The van der Waals surface area contributed by atoms with Crippen molar-refractivity contribution < 1.29 is 120 Å². The van der Waals surface area contributed by atoms with Gasteiger partial charge in [-0.2, -0.15) is 0 Å². The van der Waals surface area contributed by atoms with Crippen molar-refractivity contribution >= 4 is 19.8 Å². The summed E-state index contributed by atoms with van der Waals surface area (Å²) >= 11 is 0. The van der Waals surface area contributed by atoms with Gasteiger partial charge in [0, 0.05) is 34.7 Å². The minimum absolute atomic E-state index is 0. The molecule has 186 valence electrons. The monoisotopic (exact) mass is 513 g/mol. The molecule has 12 heteroatoms. The van der Waals surface area contributed by atoms with E-state index in [1.807, 2.05) is 23.7 Å². The van der Waals surface area contributed by atoms with Crippen molar-refractivity contribution in [2.24, 2.45) is 0 Å². The molecule has 0 aromatic carbocycles. The van der Waals surface area contributed by atoms with Gasteiger partial charge in [0.15, 0.2) is 6.10 Å². The zero-order chi connectivity index (χ0) is 22.7. The van der Waals surface area contributed by atoms with Gasteiger partial charge >= 0.3 is 71.1 Å². The Hall–Kier alpha value is -2.51. The molecule has 0 amide bonds. The average Bonchev–Trinajstić information content (AvgIpc) is 2.68. The molecule has 0 heterocycles. The first-order chi connectivity index (χ1) is 14.3. The van der Waals surface area contributed by atoms with Crippen LogP contribution >= 0.6 is 7.82 Å². The number of carbonyl (C=O) groups is 2. The maximum Gasteiger partial charge on any atom is 1.00 e. The van der Waals surface area contributed by atoms with Crippen molar-refractivity contribution in [3.05, 3.63) is 0 Å². The maximum atomic E-state index is 11.6. The van der Waals surface area contributed by atoms with Crippen molar-refractivity contribution in [1.82, 2.24) is 6.15 Å². The SMILES string of the molecule is C#CC#CC#CC#CC(=O)OC[C@H](COP(=O)([O-])[O-])OC(=O)C#CC#CC#CC#C.N.[HH].[HH].[HH].[HH].[HH].[HH].[HH].[HH].[HH].[HH].[HH].[HH].[HH].[HH].[HH].[HH].[Na+].[Na+]. The molecule has 0 spiro atoms. The van der Waals surface area contributed by atoms with Crippen LogP contribution in [0, 0.1) is 95.7 Å². The smallest absolute Gasteiger partial charge is 0.790 e. The zero-order valence-corrected chi connectivity index (χ0v) is 22.5. The van der Waals surface area contributed by atoms with Gasteiger partial charge in [-0.1, -0.05) is 0 Å². The molecule has 0 aromatic rings. The van der Waals surface area contributed by atoms with Gasteiger partial charge in [-0.3, -0.25) is 0 Å². The molecule has 0 aliphatic rings. The third-order valence-corrected chi connectivity index (χ3v) is 2.53. The van der Waals surface area contributed by atoms with Crippen LogP contribution in [0.3, 0.4) is 0 Å². The van der Waals surface area contributed by atoms with Crippen LogP contribution in [0.5, 0.6) is 0 Å². The van der Waals surface area contributed by atoms with Crippen molar-refractivity contribution in [2.75, 3.05) is 13.2 Å². The van der Waals surface area contributed by atoms with Gasteiger partial charge in [0.2, 0.25) is 0 Å². The second-order valence-electron chi connectivity index (χ2n) is 4.16. The molecule has 0 radical (unpaired) electrons. The van der Waals surface area contributed by atoms with E-state index in [2.05, 4.69) is 68.5 Å². The second kappa shape index (κ2) is 24.1. The van der Waals surface area contributed by atoms with Crippen LogP contribution in [-0.4, -0.2) is 31.3 Å². The minimum Gasteiger partial charge on any atom is -0.790 e. The van der Waals surface area contributed by atoms with Crippen LogP contribution in [-0.2, 0) is 28.2 Å². The van der Waals surface area contributed by atoms with Crippen LogP contribution in [0.1, 0.15) is 22.8 Å². The fourth-order valence-electron chi connectivity index (χ4n) is 1.10. The van der Waals surface area contributed by atoms with E-state index in [0.717, 1.165) is 0 Å². The minimum atomic E-state index is -5.37. The van der Waals surface area contributed by atoms with Crippen molar-refractivity contribution in [2.45, 2.75) is 6.10 Å². The Morgan fingerprint density at radius 2 is 1.21 bits per heavy atom. The Morgan fingerprint density at radius 1 is 0.788 bits per heavy atom. The molecular weight excluding hydrogens is 471 g/mol. The molecule has 0 aromatic heterocycles. The summed E-state index contributed by atoms with van der Waals surface area (Å²) in [6, 6.07) is 0. The summed E-state index contributed by atoms with van der Waals surface area (Å²) in [6.07, 6.45) is 8.26. The van der Waals surface area contributed by atoms with Crippen LogP contribution in [0.25, 0.3) is 0 Å². The molecule has 0 aliphatic heterocycles. The molecular formula is C21H42NNa2O8P. The molecule has 0 saturated carbocycles. The number of ether oxygens (including phenoxy) is 2. The fourth-order valence-corrected chi connectivity index (χ4v) is 1.45. The third-order valence-electron chi connectivity index (χ3n) is 2.07. The van der Waals surface area contributed by atoms with Gasteiger partial charge in [0.05, 0.1) is 14.4 Å². The van der Waals surface area contributed by atoms with Crippen LogP contribution in [0.4, 0.5) is 0 Å². The van der Waals surface area contributed by atoms with Crippen molar-refractivity contribution in [1.29, 1.82) is 0 Å². The summed E-state index contributed by atoms with van der Waals surface area (Å²) in [5.41, 5.74) is 0. The first-order valence-corrected chi connectivity index (χ1v) is 8.71. The Labute approximate surface area is 260 Å². The van der Waals surface area contributed by atoms with E-state index < -0.39 is 39.1 Å². The first-order valence-electron chi connectivity index (χ1n) is 7.25. The van der Waals surface area contributed by atoms with E-state index in [4.69, 9.17) is 17.6 Å². The first kappa shape index (κ1) is 37.8. The van der Waals surface area contributed by atoms with Crippen molar-refractivity contribution in [3.8, 4) is 95.7 Å². The molecule has 1 atom stereocenters. The number of hydrogen-bond donors (Lipinski definition) is 1. The van der Waals surface area contributed by atoms with Gasteiger partial charge in [0.1, 0.15) is 6.61 Å². The van der Waals surface area contributed by atoms with E-state index in [0.29, 0.717) is 0 Å². The van der Waals surface area contributed by atoms with Crippen LogP contribution < -0.4 is 75.1 Å².